The van der Waals surface area contributed by atoms with Gasteiger partial charge in [0.15, 0.2) is 11.5 Å². The van der Waals surface area contributed by atoms with Crippen LogP contribution in [0.2, 0.25) is 0 Å². The number of anilines is 1. The maximum absolute atomic E-state index is 13.2. The lowest BCUT2D eigenvalue weighted by Crippen LogP contribution is -2.30. The fraction of sp³-hybridized carbons (Fsp3) is 0.235. The SMILES string of the molecule is CC(O)(CNc1cc(C(F)(F)F)nc(-c2cccnc2)n1)c1ccco1. The lowest BCUT2D eigenvalue weighted by molar-refractivity contribution is -0.141. The van der Waals surface area contributed by atoms with E-state index in [9.17, 15) is 18.3 Å². The summed E-state index contributed by atoms with van der Waals surface area (Å²) in [5.74, 6) is 0.0914. The van der Waals surface area contributed by atoms with E-state index in [0.29, 0.717) is 5.56 Å². The van der Waals surface area contributed by atoms with Crippen LogP contribution in [0.25, 0.3) is 11.4 Å². The fourth-order valence-corrected chi connectivity index (χ4v) is 2.24. The summed E-state index contributed by atoms with van der Waals surface area (Å²) in [4.78, 5) is 11.5. The van der Waals surface area contributed by atoms with Gasteiger partial charge in [-0.3, -0.25) is 4.98 Å². The summed E-state index contributed by atoms with van der Waals surface area (Å²) in [7, 11) is 0. The molecule has 0 aromatic carbocycles. The lowest BCUT2D eigenvalue weighted by atomic mass is 10.0. The van der Waals surface area contributed by atoms with Crippen LogP contribution in [0.15, 0.2) is 53.4 Å². The molecule has 1 atom stereocenters. The van der Waals surface area contributed by atoms with Crippen LogP contribution in [0.1, 0.15) is 18.4 Å². The first-order valence-corrected chi connectivity index (χ1v) is 7.63. The van der Waals surface area contributed by atoms with E-state index in [4.69, 9.17) is 4.42 Å². The smallest absolute Gasteiger partial charge is 0.433 e. The van der Waals surface area contributed by atoms with Crippen molar-refractivity contribution in [3.05, 3.63) is 60.4 Å². The predicted octanol–water partition coefficient (Wildman–Crippen LogP) is 3.47. The molecule has 0 aliphatic heterocycles. The van der Waals surface area contributed by atoms with E-state index in [0.717, 1.165) is 6.07 Å². The minimum absolute atomic E-state index is 0.0713. The van der Waals surface area contributed by atoms with E-state index in [-0.39, 0.29) is 23.9 Å². The molecule has 0 saturated carbocycles. The largest absolute Gasteiger partial charge is 0.466 e. The van der Waals surface area contributed by atoms with Gasteiger partial charge in [-0.25, -0.2) is 9.97 Å². The van der Waals surface area contributed by atoms with Crippen molar-refractivity contribution in [2.24, 2.45) is 0 Å². The van der Waals surface area contributed by atoms with Crippen LogP contribution in [-0.2, 0) is 11.8 Å². The second-order valence-corrected chi connectivity index (χ2v) is 5.81. The molecule has 2 N–H and O–H groups in total. The normalized spacial score (nSPS) is 14.0. The van der Waals surface area contributed by atoms with Crippen molar-refractivity contribution < 1.29 is 22.7 Å². The molecule has 9 heteroatoms. The maximum Gasteiger partial charge on any atom is 0.433 e. The maximum atomic E-state index is 13.2. The molecule has 26 heavy (non-hydrogen) atoms. The number of nitrogens with zero attached hydrogens (tertiary/aromatic N) is 3. The Morgan fingerprint density at radius 2 is 2.00 bits per heavy atom. The van der Waals surface area contributed by atoms with Crippen LogP contribution in [0.4, 0.5) is 19.0 Å². The number of halogens is 3. The zero-order chi connectivity index (χ0) is 18.8. The Kier molecular flexibility index (Phi) is 4.64. The Bertz CT molecular complexity index is 865. The highest BCUT2D eigenvalue weighted by atomic mass is 19.4. The second kappa shape index (κ2) is 6.75. The molecule has 0 saturated heterocycles. The average Bonchev–Trinajstić information content (AvgIpc) is 3.15. The summed E-state index contributed by atoms with van der Waals surface area (Å²) >= 11 is 0. The minimum Gasteiger partial charge on any atom is -0.466 e. The molecule has 1 unspecified atom stereocenters. The molecule has 0 fully saturated rings. The molecular weight excluding hydrogens is 349 g/mol. The van der Waals surface area contributed by atoms with Crippen molar-refractivity contribution in [1.29, 1.82) is 0 Å². The standard InChI is InChI=1S/C17H15F3N4O2/c1-16(25,13-5-3-7-26-13)10-22-14-8-12(17(18,19)20)23-15(24-14)11-4-2-6-21-9-11/h2-9,25H,10H2,1H3,(H,22,23,24). The van der Waals surface area contributed by atoms with Crippen molar-refractivity contribution in [3.63, 3.8) is 0 Å². The Hall–Kier alpha value is -2.94. The van der Waals surface area contributed by atoms with E-state index >= 15 is 0 Å². The van der Waals surface area contributed by atoms with E-state index in [1.165, 1.54) is 25.6 Å². The molecule has 0 spiro atoms. The van der Waals surface area contributed by atoms with Gasteiger partial charge in [0, 0.05) is 24.0 Å². The molecule has 0 amide bonds. The molecule has 6 nitrogen and oxygen atoms in total. The molecule has 0 aliphatic carbocycles. The number of furan rings is 1. The average molecular weight is 364 g/mol. The summed E-state index contributed by atoms with van der Waals surface area (Å²) < 4.78 is 44.6. The van der Waals surface area contributed by atoms with Gasteiger partial charge in [-0.2, -0.15) is 13.2 Å². The summed E-state index contributed by atoms with van der Waals surface area (Å²) in [6.45, 7) is 1.37. The van der Waals surface area contributed by atoms with E-state index in [1.807, 2.05) is 0 Å². The zero-order valence-corrected chi connectivity index (χ0v) is 13.7. The van der Waals surface area contributed by atoms with Crippen molar-refractivity contribution >= 4 is 5.82 Å². The monoisotopic (exact) mass is 364 g/mol. The fourth-order valence-electron chi connectivity index (χ4n) is 2.24. The van der Waals surface area contributed by atoms with Gasteiger partial charge in [-0.1, -0.05) is 0 Å². The molecule has 3 aromatic heterocycles. The van der Waals surface area contributed by atoms with Gasteiger partial charge in [-0.15, -0.1) is 0 Å². The third kappa shape index (κ3) is 3.99. The van der Waals surface area contributed by atoms with Gasteiger partial charge >= 0.3 is 6.18 Å². The first kappa shape index (κ1) is 17.9. The minimum atomic E-state index is -4.64. The number of aromatic nitrogens is 3. The van der Waals surface area contributed by atoms with Crippen LogP contribution in [-0.4, -0.2) is 26.6 Å². The molecule has 3 rings (SSSR count). The number of rotatable bonds is 5. The zero-order valence-electron chi connectivity index (χ0n) is 13.7. The topological polar surface area (TPSA) is 84.1 Å². The second-order valence-electron chi connectivity index (χ2n) is 5.81. The number of nitrogens with one attached hydrogen (secondary N) is 1. The highest BCUT2D eigenvalue weighted by Crippen LogP contribution is 2.31. The van der Waals surface area contributed by atoms with E-state index < -0.39 is 17.5 Å². The summed E-state index contributed by atoms with van der Waals surface area (Å²) in [5.41, 5.74) is -2.17. The Labute approximate surface area is 146 Å². The Morgan fingerprint density at radius 1 is 1.19 bits per heavy atom. The molecule has 3 aromatic rings. The molecule has 0 aliphatic rings. The molecule has 3 heterocycles. The summed E-state index contributed by atoms with van der Waals surface area (Å²) in [5, 5.41) is 13.1. The first-order valence-electron chi connectivity index (χ1n) is 7.63. The lowest BCUT2D eigenvalue weighted by Gasteiger charge is -2.22. The van der Waals surface area contributed by atoms with E-state index in [1.54, 1.807) is 24.3 Å². The predicted molar refractivity (Wildman–Crippen MR) is 87.0 cm³/mol. The molecule has 136 valence electrons. The van der Waals surface area contributed by atoms with Crippen molar-refractivity contribution in [2.45, 2.75) is 18.7 Å². The summed E-state index contributed by atoms with van der Waals surface area (Å²) in [6, 6.07) is 7.11. The third-order valence-electron chi connectivity index (χ3n) is 3.60. The van der Waals surface area contributed by atoms with Gasteiger partial charge in [0.2, 0.25) is 0 Å². The molecule has 0 bridgehead atoms. The van der Waals surface area contributed by atoms with Gasteiger partial charge in [0.1, 0.15) is 17.2 Å². The highest BCUT2D eigenvalue weighted by Gasteiger charge is 2.34. The van der Waals surface area contributed by atoms with Crippen molar-refractivity contribution in [2.75, 3.05) is 11.9 Å². The van der Waals surface area contributed by atoms with E-state index in [2.05, 4.69) is 20.3 Å². The summed E-state index contributed by atoms with van der Waals surface area (Å²) in [6.07, 6.45) is -0.369. The Morgan fingerprint density at radius 3 is 2.62 bits per heavy atom. The van der Waals surface area contributed by atoms with Crippen LogP contribution in [0.5, 0.6) is 0 Å². The van der Waals surface area contributed by atoms with Crippen LogP contribution in [0, 0.1) is 0 Å². The third-order valence-corrected chi connectivity index (χ3v) is 3.60. The van der Waals surface area contributed by atoms with Gasteiger partial charge in [0.25, 0.3) is 0 Å². The van der Waals surface area contributed by atoms with Gasteiger partial charge in [-0.05, 0) is 31.2 Å². The molecule has 0 radical (unpaired) electrons. The van der Waals surface area contributed by atoms with Crippen molar-refractivity contribution in [1.82, 2.24) is 15.0 Å². The Balaban J connectivity index is 1.91. The number of alkyl halides is 3. The number of hydrogen-bond acceptors (Lipinski definition) is 6. The number of pyridine rings is 1. The van der Waals surface area contributed by atoms with Crippen LogP contribution < -0.4 is 5.32 Å². The van der Waals surface area contributed by atoms with Gasteiger partial charge < -0.3 is 14.8 Å². The van der Waals surface area contributed by atoms with Gasteiger partial charge in [0.05, 0.1) is 12.8 Å². The van der Waals surface area contributed by atoms with Crippen molar-refractivity contribution in [3.8, 4) is 11.4 Å². The number of hydrogen-bond donors (Lipinski definition) is 2. The number of aliphatic hydroxyl groups is 1. The quantitative estimate of drug-likeness (QED) is 0.721. The highest BCUT2D eigenvalue weighted by molar-refractivity contribution is 5.56. The van der Waals surface area contributed by atoms with Crippen LogP contribution >= 0.6 is 0 Å². The molecular formula is C17H15F3N4O2. The first-order chi connectivity index (χ1) is 12.3. The van der Waals surface area contributed by atoms with Crippen LogP contribution in [0.3, 0.4) is 0 Å².